The molecule has 0 bridgehead atoms. The molecule has 2 aliphatic heterocycles. The van der Waals surface area contributed by atoms with E-state index < -0.39 is 32.4 Å². The maximum atomic E-state index is 11.3. The van der Waals surface area contributed by atoms with Gasteiger partial charge in [0.05, 0.1) is 12.3 Å². The van der Waals surface area contributed by atoms with Crippen molar-refractivity contribution in [2.45, 2.75) is 89.1 Å². The van der Waals surface area contributed by atoms with Crippen LogP contribution in [0.15, 0.2) is 12.1 Å². The first-order chi connectivity index (χ1) is 14.7. The van der Waals surface area contributed by atoms with Crippen LogP contribution in [-0.2, 0) is 18.6 Å². The van der Waals surface area contributed by atoms with Crippen molar-refractivity contribution >= 4 is 37.0 Å². The van der Waals surface area contributed by atoms with Gasteiger partial charge < -0.3 is 23.7 Å². The van der Waals surface area contributed by atoms with Gasteiger partial charge in [-0.3, -0.25) is 0 Å². The molecule has 2 aromatic rings. The Morgan fingerprint density at radius 1 is 1.22 bits per heavy atom. The summed E-state index contributed by atoms with van der Waals surface area (Å²) in [6, 6.07) is 3.47. The van der Waals surface area contributed by atoms with Gasteiger partial charge in [0.15, 0.2) is 19.3 Å². The highest BCUT2D eigenvalue weighted by atomic mass is 35.5. The van der Waals surface area contributed by atoms with Crippen molar-refractivity contribution in [3.63, 3.8) is 0 Å². The number of aliphatic hydroxyl groups is 1. The van der Waals surface area contributed by atoms with E-state index in [1.54, 1.807) is 12.1 Å². The second-order valence-corrected chi connectivity index (χ2v) is 16.0. The SMILES string of the molecule is CC1(C)O[C@@H]2[C@H](O1)[C@@H](CO[Si](C)(C)C(C)(C)C)O[C@H]2C(O)c1ccc2c(Cl)nc(Cl)nn12. The Balaban J connectivity index is 1.60. The number of fused-ring (bicyclic) bond motifs is 2. The van der Waals surface area contributed by atoms with Gasteiger partial charge in [-0.2, -0.15) is 0 Å². The van der Waals surface area contributed by atoms with Gasteiger partial charge in [0, 0.05) is 0 Å². The molecule has 0 radical (unpaired) electrons. The average molecular weight is 504 g/mol. The Hall–Kier alpha value is -0.783. The predicted octanol–water partition coefficient (Wildman–Crippen LogP) is 4.38. The van der Waals surface area contributed by atoms with E-state index in [1.165, 1.54) is 4.52 Å². The molecule has 4 heterocycles. The molecule has 2 fully saturated rings. The lowest BCUT2D eigenvalue weighted by molar-refractivity contribution is -0.200. The number of halogens is 2. The van der Waals surface area contributed by atoms with Gasteiger partial charge in [-0.1, -0.05) is 32.4 Å². The topological polar surface area (TPSA) is 87.3 Å². The Bertz CT molecular complexity index is 1010. The molecule has 0 saturated carbocycles. The quantitative estimate of drug-likeness (QED) is 0.605. The Morgan fingerprint density at radius 3 is 2.53 bits per heavy atom. The van der Waals surface area contributed by atoms with Gasteiger partial charge in [-0.25, -0.2) is 9.50 Å². The maximum Gasteiger partial charge on any atom is 0.242 e. The molecule has 0 amide bonds. The van der Waals surface area contributed by atoms with Crippen molar-refractivity contribution in [2.75, 3.05) is 6.61 Å². The van der Waals surface area contributed by atoms with Crippen LogP contribution < -0.4 is 0 Å². The van der Waals surface area contributed by atoms with Crippen LogP contribution in [0.5, 0.6) is 0 Å². The van der Waals surface area contributed by atoms with E-state index in [-0.39, 0.29) is 27.7 Å². The molecule has 0 aliphatic carbocycles. The Morgan fingerprint density at radius 2 is 1.88 bits per heavy atom. The largest absolute Gasteiger partial charge is 0.414 e. The molecular weight excluding hydrogens is 473 g/mol. The molecule has 32 heavy (non-hydrogen) atoms. The molecule has 2 aromatic heterocycles. The second-order valence-electron chi connectivity index (χ2n) is 10.4. The van der Waals surface area contributed by atoms with Crippen LogP contribution in [0, 0.1) is 0 Å². The lowest BCUT2D eigenvalue weighted by atomic mass is 10.0. The summed E-state index contributed by atoms with van der Waals surface area (Å²) in [5.41, 5.74) is 1.02. The van der Waals surface area contributed by atoms with Crippen LogP contribution in [0.1, 0.15) is 46.4 Å². The van der Waals surface area contributed by atoms with E-state index in [0.717, 1.165) is 0 Å². The highest BCUT2D eigenvalue weighted by Gasteiger charge is 2.57. The first-order valence-electron chi connectivity index (χ1n) is 10.7. The molecule has 0 aromatic carbocycles. The molecule has 1 N–H and O–H groups in total. The van der Waals surface area contributed by atoms with E-state index in [4.69, 9.17) is 41.8 Å². The summed E-state index contributed by atoms with van der Waals surface area (Å²) in [7, 11) is -1.99. The molecule has 5 atom stereocenters. The minimum absolute atomic E-state index is 0.0143. The van der Waals surface area contributed by atoms with Gasteiger partial charge in [-0.05, 0) is 55.7 Å². The highest BCUT2D eigenvalue weighted by molar-refractivity contribution is 6.74. The van der Waals surface area contributed by atoms with Crippen molar-refractivity contribution in [1.29, 1.82) is 0 Å². The first kappa shape index (κ1) is 24.3. The number of aromatic nitrogens is 3. The van der Waals surface area contributed by atoms with Crippen molar-refractivity contribution in [2.24, 2.45) is 0 Å². The van der Waals surface area contributed by atoms with Gasteiger partial charge in [0.1, 0.15) is 36.0 Å². The molecule has 8 nitrogen and oxygen atoms in total. The van der Waals surface area contributed by atoms with Crippen molar-refractivity contribution < 1.29 is 23.7 Å². The molecule has 0 spiro atoms. The summed E-state index contributed by atoms with van der Waals surface area (Å²) in [5.74, 6) is -0.789. The monoisotopic (exact) mass is 503 g/mol. The van der Waals surface area contributed by atoms with Crippen LogP contribution in [0.4, 0.5) is 0 Å². The Kier molecular flexibility index (Phi) is 6.21. The third kappa shape index (κ3) is 4.34. The van der Waals surface area contributed by atoms with Crippen molar-refractivity contribution in [3.05, 3.63) is 28.3 Å². The second kappa shape index (κ2) is 8.16. The predicted molar refractivity (Wildman–Crippen MR) is 124 cm³/mol. The standard InChI is InChI=1S/C21H31Cl2N3O5Si/c1-20(2,3)32(6,7)28-10-13-15-17(31-21(4,5)30-15)16(29-13)14(27)11-8-9-12-18(22)24-19(23)25-26(11)12/h8-9,13-17,27H,10H2,1-7H3/t13-,14?,15-,16+,17-/m1/s1. The van der Waals surface area contributed by atoms with Crippen molar-refractivity contribution in [3.8, 4) is 0 Å². The zero-order chi connectivity index (χ0) is 23.6. The number of nitrogens with zero attached hydrogens (tertiary/aromatic N) is 3. The van der Waals surface area contributed by atoms with E-state index in [2.05, 4.69) is 43.9 Å². The molecule has 1 unspecified atom stereocenters. The minimum atomic E-state index is -1.99. The summed E-state index contributed by atoms with van der Waals surface area (Å²) in [6.07, 6.45) is -2.93. The number of rotatable bonds is 5. The fourth-order valence-electron chi connectivity index (χ4n) is 3.96. The first-order valence-corrected chi connectivity index (χ1v) is 14.4. The smallest absolute Gasteiger partial charge is 0.242 e. The third-order valence-electron chi connectivity index (χ3n) is 6.68. The lowest BCUT2D eigenvalue weighted by Crippen LogP contribution is -2.44. The zero-order valence-corrected chi connectivity index (χ0v) is 21.9. The third-order valence-corrected chi connectivity index (χ3v) is 11.6. The van der Waals surface area contributed by atoms with E-state index in [1.807, 2.05) is 13.8 Å². The average Bonchev–Trinajstić information content (AvgIpc) is 3.29. The van der Waals surface area contributed by atoms with Crippen molar-refractivity contribution in [1.82, 2.24) is 14.6 Å². The van der Waals surface area contributed by atoms with E-state index in [0.29, 0.717) is 17.8 Å². The number of aliphatic hydroxyl groups excluding tert-OH is 1. The van der Waals surface area contributed by atoms with E-state index in [9.17, 15) is 5.11 Å². The van der Waals surface area contributed by atoms with Gasteiger partial charge in [0.25, 0.3) is 0 Å². The number of hydrogen-bond acceptors (Lipinski definition) is 7. The molecule has 4 rings (SSSR count). The molecular formula is C21H31Cl2N3O5Si. The molecule has 2 aliphatic rings. The molecule has 2 saturated heterocycles. The Labute approximate surface area is 199 Å². The summed E-state index contributed by atoms with van der Waals surface area (Å²) in [5, 5.41) is 15.8. The fraction of sp³-hybridized carbons (Fsp3) is 0.714. The maximum absolute atomic E-state index is 11.3. The molecule has 178 valence electrons. The van der Waals surface area contributed by atoms with E-state index >= 15 is 0 Å². The number of ether oxygens (including phenoxy) is 3. The van der Waals surface area contributed by atoms with Crippen LogP contribution >= 0.6 is 23.2 Å². The van der Waals surface area contributed by atoms with Crippen LogP contribution in [-0.4, -0.2) is 64.8 Å². The van der Waals surface area contributed by atoms with Gasteiger partial charge >= 0.3 is 0 Å². The lowest BCUT2D eigenvalue weighted by Gasteiger charge is -2.37. The summed E-state index contributed by atoms with van der Waals surface area (Å²) in [4.78, 5) is 3.95. The normalized spacial score (nSPS) is 28.9. The molecule has 11 heteroatoms. The van der Waals surface area contributed by atoms with Gasteiger partial charge in [0.2, 0.25) is 5.28 Å². The van der Waals surface area contributed by atoms with Crippen LogP contribution in [0.2, 0.25) is 28.6 Å². The zero-order valence-electron chi connectivity index (χ0n) is 19.4. The van der Waals surface area contributed by atoms with Crippen LogP contribution in [0.25, 0.3) is 5.52 Å². The number of hydrogen-bond donors (Lipinski definition) is 1. The van der Waals surface area contributed by atoms with Crippen LogP contribution in [0.3, 0.4) is 0 Å². The summed E-state index contributed by atoms with van der Waals surface area (Å²) >= 11 is 12.2. The minimum Gasteiger partial charge on any atom is -0.414 e. The van der Waals surface area contributed by atoms with Gasteiger partial charge in [-0.15, -0.1) is 5.10 Å². The fourth-order valence-corrected chi connectivity index (χ4v) is 5.40. The highest BCUT2D eigenvalue weighted by Crippen LogP contribution is 2.44. The summed E-state index contributed by atoms with van der Waals surface area (Å²) < 4.78 is 26.5. The summed E-state index contributed by atoms with van der Waals surface area (Å²) in [6.45, 7) is 15.1.